The summed E-state index contributed by atoms with van der Waals surface area (Å²) in [7, 11) is -7.82. The Labute approximate surface area is 136 Å². The summed E-state index contributed by atoms with van der Waals surface area (Å²) < 4.78 is 79.7. The molecule has 132 valence electrons. The van der Waals surface area contributed by atoms with E-state index in [9.17, 15) is 25.6 Å². The predicted octanol–water partition coefficient (Wildman–Crippen LogP) is 0.662. The van der Waals surface area contributed by atoms with E-state index in [0.717, 1.165) is 18.4 Å². The topological polar surface area (TPSA) is 119 Å². The third kappa shape index (κ3) is 4.55. The molecule has 0 atom stereocenters. The summed E-state index contributed by atoms with van der Waals surface area (Å²) >= 11 is 0. The molecule has 1 heterocycles. The van der Waals surface area contributed by atoms with Crippen molar-refractivity contribution in [2.45, 2.75) is 23.0 Å². The first-order valence-electron chi connectivity index (χ1n) is 6.57. The maximum Gasteiger partial charge on any atom is 0.335 e. The monoisotopic (exact) mass is 381 g/mol. The van der Waals surface area contributed by atoms with Gasteiger partial charge in [-0.25, -0.2) is 30.3 Å². The van der Waals surface area contributed by atoms with Gasteiger partial charge in [0, 0.05) is 19.2 Å². The fraction of sp³-hybridized carbons (Fsp3) is 0.333. The molecule has 0 unspecified atom stereocenters. The van der Waals surface area contributed by atoms with Gasteiger partial charge in [-0.15, -0.1) is 5.10 Å². The molecule has 0 saturated heterocycles. The van der Waals surface area contributed by atoms with Crippen molar-refractivity contribution in [1.29, 1.82) is 0 Å². The Morgan fingerprint density at radius 2 is 1.88 bits per heavy atom. The van der Waals surface area contributed by atoms with Crippen LogP contribution in [0.2, 0.25) is 0 Å². The first-order valence-corrected chi connectivity index (χ1v) is 9.94. The highest BCUT2D eigenvalue weighted by atomic mass is 32.2. The van der Waals surface area contributed by atoms with E-state index in [0.29, 0.717) is 6.07 Å². The molecule has 2 rings (SSSR count). The van der Waals surface area contributed by atoms with Gasteiger partial charge in [0.1, 0.15) is 16.5 Å². The number of benzene rings is 1. The zero-order chi connectivity index (χ0) is 18.0. The molecule has 0 spiro atoms. The van der Waals surface area contributed by atoms with Crippen LogP contribution >= 0.6 is 0 Å². The van der Waals surface area contributed by atoms with E-state index < -0.39 is 41.6 Å². The molecule has 24 heavy (non-hydrogen) atoms. The zero-order valence-corrected chi connectivity index (χ0v) is 14.0. The van der Waals surface area contributed by atoms with E-state index in [1.54, 1.807) is 0 Å². The SMILES string of the molecule is CS(=O)(=O)c1nnc(CCCNS(=O)(=O)c2cc(F)ccc2F)o1. The number of hydrogen-bond donors (Lipinski definition) is 1. The van der Waals surface area contributed by atoms with Crippen molar-refractivity contribution in [3.05, 3.63) is 35.7 Å². The van der Waals surface area contributed by atoms with E-state index in [2.05, 4.69) is 14.9 Å². The summed E-state index contributed by atoms with van der Waals surface area (Å²) in [6, 6.07) is 2.10. The number of hydrogen-bond acceptors (Lipinski definition) is 7. The number of nitrogens with one attached hydrogen (secondary N) is 1. The minimum Gasteiger partial charge on any atom is -0.413 e. The summed E-state index contributed by atoms with van der Waals surface area (Å²) in [5.74, 6) is -1.93. The van der Waals surface area contributed by atoms with Crippen LogP contribution in [0, 0.1) is 11.6 Å². The molecule has 0 radical (unpaired) electrons. The summed E-state index contributed by atoms with van der Waals surface area (Å²) in [5.41, 5.74) is 0. The van der Waals surface area contributed by atoms with Gasteiger partial charge in [-0.2, -0.15) is 0 Å². The first kappa shape index (κ1) is 18.4. The average Bonchev–Trinajstić information content (AvgIpc) is 2.95. The van der Waals surface area contributed by atoms with Crippen molar-refractivity contribution in [3.63, 3.8) is 0 Å². The third-order valence-electron chi connectivity index (χ3n) is 2.81. The van der Waals surface area contributed by atoms with Crippen molar-refractivity contribution in [2.24, 2.45) is 0 Å². The Bertz CT molecular complexity index is 941. The Hall–Kier alpha value is -1.92. The van der Waals surface area contributed by atoms with Gasteiger partial charge in [-0.3, -0.25) is 0 Å². The van der Waals surface area contributed by atoms with Crippen molar-refractivity contribution < 1.29 is 30.0 Å². The van der Waals surface area contributed by atoms with Gasteiger partial charge in [0.2, 0.25) is 25.8 Å². The molecule has 0 fully saturated rings. The lowest BCUT2D eigenvalue weighted by atomic mass is 10.3. The molecule has 0 aliphatic carbocycles. The van der Waals surface area contributed by atoms with Crippen molar-refractivity contribution in [1.82, 2.24) is 14.9 Å². The summed E-state index contributed by atoms with van der Waals surface area (Å²) in [5, 5.41) is 6.34. The number of aryl methyl sites for hydroxylation is 1. The fourth-order valence-corrected chi connectivity index (χ4v) is 3.29. The lowest BCUT2D eigenvalue weighted by Gasteiger charge is -2.07. The molecule has 1 aromatic heterocycles. The Kier molecular flexibility index (Phi) is 5.30. The molecule has 0 saturated carbocycles. The molecule has 8 nitrogen and oxygen atoms in total. The second-order valence-electron chi connectivity index (χ2n) is 4.81. The minimum atomic E-state index is -4.21. The van der Waals surface area contributed by atoms with E-state index in [4.69, 9.17) is 4.42 Å². The second kappa shape index (κ2) is 6.91. The highest BCUT2D eigenvalue weighted by Crippen LogP contribution is 2.15. The highest BCUT2D eigenvalue weighted by molar-refractivity contribution is 7.90. The highest BCUT2D eigenvalue weighted by Gasteiger charge is 2.20. The van der Waals surface area contributed by atoms with Crippen LogP contribution in [0.1, 0.15) is 12.3 Å². The molecular formula is C12H13F2N3O5S2. The molecule has 2 aromatic rings. The van der Waals surface area contributed by atoms with E-state index in [1.165, 1.54) is 0 Å². The van der Waals surface area contributed by atoms with Crippen molar-refractivity contribution >= 4 is 19.9 Å². The molecule has 0 aliphatic heterocycles. The van der Waals surface area contributed by atoms with Crippen LogP contribution in [0.15, 0.2) is 32.7 Å². The van der Waals surface area contributed by atoms with Crippen LogP contribution in [-0.2, 0) is 26.3 Å². The van der Waals surface area contributed by atoms with Gasteiger partial charge in [-0.1, -0.05) is 5.10 Å². The maximum atomic E-state index is 13.5. The fourth-order valence-electron chi connectivity index (χ4n) is 1.70. The third-order valence-corrected chi connectivity index (χ3v) is 5.08. The molecule has 12 heteroatoms. The van der Waals surface area contributed by atoms with E-state index in [-0.39, 0.29) is 25.3 Å². The Morgan fingerprint density at radius 3 is 2.50 bits per heavy atom. The van der Waals surface area contributed by atoms with Gasteiger partial charge >= 0.3 is 5.22 Å². The summed E-state index contributed by atoms with van der Waals surface area (Å²) in [6.07, 6.45) is 1.20. The van der Waals surface area contributed by atoms with Crippen molar-refractivity contribution in [2.75, 3.05) is 12.8 Å². The number of sulfone groups is 1. The normalized spacial score (nSPS) is 12.5. The number of aromatic nitrogens is 2. The van der Waals surface area contributed by atoms with Crippen LogP contribution in [0.3, 0.4) is 0 Å². The smallest absolute Gasteiger partial charge is 0.335 e. The maximum absolute atomic E-state index is 13.5. The molecule has 0 amide bonds. The lowest BCUT2D eigenvalue weighted by molar-refractivity contribution is 0.394. The van der Waals surface area contributed by atoms with Crippen LogP contribution in [0.5, 0.6) is 0 Å². The quantitative estimate of drug-likeness (QED) is 0.700. The van der Waals surface area contributed by atoms with Crippen LogP contribution in [0.4, 0.5) is 8.78 Å². The van der Waals surface area contributed by atoms with Gasteiger partial charge in [0.25, 0.3) is 0 Å². The Balaban J connectivity index is 1.94. The second-order valence-corrected chi connectivity index (χ2v) is 8.44. The molecular weight excluding hydrogens is 368 g/mol. The number of nitrogens with zero attached hydrogens (tertiary/aromatic N) is 2. The van der Waals surface area contributed by atoms with E-state index in [1.807, 2.05) is 0 Å². The zero-order valence-electron chi connectivity index (χ0n) is 12.4. The van der Waals surface area contributed by atoms with Crippen LogP contribution < -0.4 is 4.72 Å². The van der Waals surface area contributed by atoms with Crippen molar-refractivity contribution in [3.8, 4) is 0 Å². The van der Waals surface area contributed by atoms with Gasteiger partial charge in [-0.05, 0) is 24.6 Å². The Morgan fingerprint density at radius 1 is 1.17 bits per heavy atom. The molecule has 0 aliphatic rings. The number of rotatable bonds is 7. The van der Waals surface area contributed by atoms with Gasteiger partial charge < -0.3 is 4.42 Å². The van der Waals surface area contributed by atoms with Crippen LogP contribution in [0.25, 0.3) is 0 Å². The minimum absolute atomic E-state index is 0.0200. The molecule has 0 bridgehead atoms. The molecule has 1 aromatic carbocycles. The van der Waals surface area contributed by atoms with Gasteiger partial charge in [0.15, 0.2) is 0 Å². The average molecular weight is 381 g/mol. The van der Waals surface area contributed by atoms with E-state index >= 15 is 0 Å². The summed E-state index contributed by atoms with van der Waals surface area (Å²) in [4.78, 5) is -0.792. The number of halogens is 2. The standard InChI is InChI=1S/C12H13F2N3O5S2/c1-23(18,19)12-17-16-11(22-12)3-2-6-15-24(20,21)10-7-8(13)4-5-9(10)14/h4-5,7,15H,2-3,6H2,1H3. The lowest BCUT2D eigenvalue weighted by Crippen LogP contribution is -2.26. The summed E-state index contributed by atoms with van der Waals surface area (Å²) in [6.45, 7) is -0.116. The number of sulfonamides is 1. The van der Waals surface area contributed by atoms with Gasteiger partial charge in [0.05, 0.1) is 0 Å². The first-order chi connectivity index (χ1) is 11.1. The molecule has 1 N–H and O–H groups in total. The largest absolute Gasteiger partial charge is 0.413 e. The predicted molar refractivity (Wildman–Crippen MR) is 77.3 cm³/mol. The van der Waals surface area contributed by atoms with Crippen LogP contribution in [-0.4, -0.2) is 39.8 Å².